The molecule has 0 aliphatic heterocycles. The Balaban J connectivity index is 1.78. The molecule has 0 bridgehead atoms. The van der Waals surface area contributed by atoms with Crippen LogP contribution < -0.4 is 10.1 Å². The molecule has 110 valence electrons. The molecular weight excluding hydrogens is 298 g/mol. The van der Waals surface area contributed by atoms with Crippen LogP contribution in [0.5, 0.6) is 5.75 Å². The Morgan fingerprint density at radius 3 is 2.95 bits per heavy atom. The van der Waals surface area contributed by atoms with Crippen LogP contribution in [-0.2, 0) is 0 Å². The second-order valence-electron chi connectivity index (χ2n) is 4.47. The highest BCUT2D eigenvalue weighted by Gasteiger charge is 2.10. The van der Waals surface area contributed by atoms with Crippen molar-refractivity contribution in [1.29, 1.82) is 0 Å². The van der Waals surface area contributed by atoms with Gasteiger partial charge in [0.25, 0.3) is 5.91 Å². The topological polar surface area (TPSA) is 64.1 Å². The lowest BCUT2D eigenvalue weighted by Crippen LogP contribution is -2.11. The number of rotatable bonds is 4. The lowest BCUT2D eigenvalue weighted by atomic mass is 10.2. The van der Waals surface area contributed by atoms with E-state index in [1.54, 1.807) is 25.4 Å². The SMILES string of the molecule is COc1cccc(-c2csc(NC(=O)c3cccnc3)n2)c1. The van der Waals surface area contributed by atoms with Crippen LogP contribution in [0, 0.1) is 0 Å². The molecule has 0 unspecified atom stereocenters. The van der Waals surface area contributed by atoms with E-state index in [-0.39, 0.29) is 5.91 Å². The summed E-state index contributed by atoms with van der Waals surface area (Å²) in [4.78, 5) is 20.4. The summed E-state index contributed by atoms with van der Waals surface area (Å²) in [6.45, 7) is 0. The molecule has 6 heteroatoms. The van der Waals surface area contributed by atoms with E-state index in [1.807, 2.05) is 29.6 Å². The fourth-order valence-electron chi connectivity index (χ4n) is 1.91. The molecule has 0 aliphatic rings. The summed E-state index contributed by atoms with van der Waals surface area (Å²) < 4.78 is 5.20. The monoisotopic (exact) mass is 311 g/mol. The number of hydrogen-bond donors (Lipinski definition) is 1. The van der Waals surface area contributed by atoms with Crippen LogP contribution in [0.2, 0.25) is 0 Å². The molecule has 0 aliphatic carbocycles. The van der Waals surface area contributed by atoms with Gasteiger partial charge in [-0.15, -0.1) is 11.3 Å². The third kappa shape index (κ3) is 3.12. The number of carbonyl (C=O) groups is 1. The van der Waals surface area contributed by atoms with Gasteiger partial charge in [0.05, 0.1) is 18.4 Å². The predicted molar refractivity (Wildman–Crippen MR) is 86.3 cm³/mol. The highest BCUT2D eigenvalue weighted by molar-refractivity contribution is 7.14. The predicted octanol–water partition coefficient (Wildman–Crippen LogP) is 3.47. The first-order valence-electron chi connectivity index (χ1n) is 6.57. The summed E-state index contributed by atoms with van der Waals surface area (Å²) in [5.41, 5.74) is 2.24. The summed E-state index contributed by atoms with van der Waals surface area (Å²) >= 11 is 1.38. The minimum atomic E-state index is -0.223. The molecule has 1 amide bonds. The standard InChI is InChI=1S/C16H13N3O2S/c1-21-13-6-2-4-11(8-13)14-10-22-16(18-14)19-15(20)12-5-3-7-17-9-12/h2-10H,1H3,(H,18,19,20). The van der Waals surface area contributed by atoms with Crippen molar-refractivity contribution >= 4 is 22.4 Å². The fourth-order valence-corrected chi connectivity index (χ4v) is 2.63. The Bertz CT molecular complexity index is 787. The number of hydrogen-bond acceptors (Lipinski definition) is 5. The molecule has 22 heavy (non-hydrogen) atoms. The van der Waals surface area contributed by atoms with Crippen LogP contribution in [0.1, 0.15) is 10.4 Å². The second-order valence-corrected chi connectivity index (χ2v) is 5.32. The molecule has 2 heterocycles. The first-order valence-corrected chi connectivity index (χ1v) is 7.45. The van der Waals surface area contributed by atoms with E-state index in [1.165, 1.54) is 17.5 Å². The number of methoxy groups -OCH3 is 1. The van der Waals surface area contributed by atoms with Crippen molar-refractivity contribution in [2.75, 3.05) is 12.4 Å². The van der Waals surface area contributed by atoms with Crippen LogP contribution in [0.3, 0.4) is 0 Å². The molecule has 0 saturated carbocycles. The fraction of sp³-hybridized carbons (Fsp3) is 0.0625. The summed E-state index contributed by atoms with van der Waals surface area (Å²) in [6, 6.07) is 11.1. The summed E-state index contributed by atoms with van der Waals surface area (Å²) in [5, 5.41) is 5.22. The lowest BCUT2D eigenvalue weighted by molar-refractivity contribution is 0.102. The molecule has 3 rings (SSSR count). The maximum Gasteiger partial charge on any atom is 0.259 e. The minimum Gasteiger partial charge on any atom is -0.497 e. The number of thiazole rings is 1. The zero-order valence-corrected chi connectivity index (χ0v) is 12.6. The van der Waals surface area contributed by atoms with Crippen LogP contribution in [-0.4, -0.2) is 23.0 Å². The van der Waals surface area contributed by atoms with Crippen LogP contribution in [0.15, 0.2) is 54.2 Å². The lowest BCUT2D eigenvalue weighted by Gasteiger charge is -2.02. The van der Waals surface area contributed by atoms with E-state index >= 15 is 0 Å². The number of pyridine rings is 1. The van der Waals surface area contributed by atoms with Gasteiger partial charge in [-0.3, -0.25) is 15.1 Å². The quantitative estimate of drug-likeness (QED) is 0.801. The molecule has 0 saturated heterocycles. The Morgan fingerprint density at radius 1 is 1.27 bits per heavy atom. The number of aromatic nitrogens is 2. The molecule has 0 spiro atoms. The average Bonchev–Trinajstić information content (AvgIpc) is 3.04. The zero-order valence-electron chi connectivity index (χ0n) is 11.8. The minimum absolute atomic E-state index is 0.223. The summed E-state index contributed by atoms with van der Waals surface area (Å²) in [7, 11) is 1.62. The largest absolute Gasteiger partial charge is 0.497 e. The first-order chi connectivity index (χ1) is 10.8. The van der Waals surface area contributed by atoms with Crippen molar-refractivity contribution in [3.05, 3.63) is 59.7 Å². The van der Waals surface area contributed by atoms with E-state index in [2.05, 4.69) is 15.3 Å². The van der Waals surface area contributed by atoms with Crippen LogP contribution in [0.4, 0.5) is 5.13 Å². The van der Waals surface area contributed by atoms with Crippen LogP contribution in [0.25, 0.3) is 11.3 Å². The number of nitrogens with one attached hydrogen (secondary N) is 1. The van der Waals surface area contributed by atoms with Crippen molar-refractivity contribution in [2.45, 2.75) is 0 Å². The van der Waals surface area contributed by atoms with Crippen molar-refractivity contribution in [1.82, 2.24) is 9.97 Å². The molecule has 3 aromatic rings. The van der Waals surface area contributed by atoms with Gasteiger partial charge in [-0.2, -0.15) is 0 Å². The van der Waals surface area contributed by atoms with Crippen LogP contribution >= 0.6 is 11.3 Å². The third-order valence-corrected chi connectivity index (χ3v) is 3.77. The maximum absolute atomic E-state index is 12.1. The van der Waals surface area contributed by atoms with E-state index in [9.17, 15) is 4.79 Å². The Kier molecular flexibility index (Phi) is 4.11. The van der Waals surface area contributed by atoms with Gasteiger partial charge < -0.3 is 4.74 Å². The smallest absolute Gasteiger partial charge is 0.259 e. The van der Waals surface area contributed by atoms with E-state index in [0.717, 1.165) is 17.0 Å². The number of ether oxygens (including phenoxy) is 1. The van der Waals surface area contributed by atoms with Gasteiger partial charge in [-0.25, -0.2) is 4.98 Å². The first kappa shape index (κ1) is 14.2. The van der Waals surface area contributed by atoms with E-state index < -0.39 is 0 Å². The number of nitrogens with zero attached hydrogens (tertiary/aromatic N) is 2. The Morgan fingerprint density at radius 2 is 2.18 bits per heavy atom. The maximum atomic E-state index is 12.1. The molecule has 0 radical (unpaired) electrons. The highest BCUT2D eigenvalue weighted by atomic mass is 32.1. The molecule has 0 atom stereocenters. The molecule has 5 nitrogen and oxygen atoms in total. The Hall–Kier alpha value is -2.73. The molecule has 1 N–H and O–H groups in total. The summed E-state index contributed by atoms with van der Waals surface area (Å²) in [5.74, 6) is 0.547. The molecule has 1 aromatic carbocycles. The third-order valence-electron chi connectivity index (χ3n) is 3.01. The number of amides is 1. The Labute approximate surface area is 131 Å². The zero-order chi connectivity index (χ0) is 15.4. The molecule has 0 fully saturated rings. The van der Waals surface area contributed by atoms with E-state index in [0.29, 0.717) is 10.7 Å². The van der Waals surface area contributed by atoms with Crippen molar-refractivity contribution < 1.29 is 9.53 Å². The van der Waals surface area contributed by atoms with Gasteiger partial charge in [0.1, 0.15) is 5.75 Å². The second kappa shape index (κ2) is 6.36. The summed E-state index contributed by atoms with van der Waals surface area (Å²) in [6.07, 6.45) is 3.15. The highest BCUT2D eigenvalue weighted by Crippen LogP contribution is 2.27. The van der Waals surface area contributed by atoms with Gasteiger partial charge in [0.15, 0.2) is 5.13 Å². The van der Waals surface area contributed by atoms with Gasteiger partial charge in [0, 0.05) is 23.3 Å². The number of benzene rings is 1. The van der Waals surface area contributed by atoms with Gasteiger partial charge in [0.2, 0.25) is 0 Å². The average molecular weight is 311 g/mol. The van der Waals surface area contributed by atoms with Gasteiger partial charge in [-0.05, 0) is 24.3 Å². The van der Waals surface area contributed by atoms with Gasteiger partial charge >= 0.3 is 0 Å². The number of anilines is 1. The van der Waals surface area contributed by atoms with Crippen molar-refractivity contribution in [2.24, 2.45) is 0 Å². The van der Waals surface area contributed by atoms with Crippen molar-refractivity contribution in [3.8, 4) is 17.0 Å². The normalized spacial score (nSPS) is 10.2. The van der Waals surface area contributed by atoms with Gasteiger partial charge in [-0.1, -0.05) is 12.1 Å². The van der Waals surface area contributed by atoms with Crippen molar-refractivity contribution in [3.63, 3.8) is 0 Å². The number of carbonyl (C=O) groups excluding carboxylic acids is 1. The molecular formula is C16H13N3O2S. The molecule has 2 aromatic heterocycles. The van der Waals surface area contributed by atoms with E-state index in [4.69, 9.17) is 4.74 Å².